The Morgan fingerprint density at radius 1 is 0.833 bits per heavy atom. The van der Waals surface area contributed by atoms with Crippen LogP contribution in [0.25, 0.3) is 0 Å². The van der Waals surface area contributed by atoms with Crippen molar-refractivity contribution >= 4 is 5.78 Å². The van der Waals surface area contributed by atoms with Gasteiger partial charge < -0.3 is 9.47 Å². The van der Waals surface area contributed by atoms with Crippen molar-refractivity contribution in [1.82, 2.24) is 0 Å². The smallest absolute Gasteiger partial charge is 0.167 e. The van der Waals surface area contributed by atoms with Crippen molar-refractivity contribution < 1.29 is 14.3 Å². The number of carbonyl (C=O) groups is 1. The van der Waals surface area contributed by atoms with E-state index < -0.39 is 5.60 Å². The van der Waals surface area contributed by atoms with Gasteiger partial charge in [0.1, 0.15) is 5.60 Å². The first kappa shape index (κ1) is 23.6. The predicted molar refractivity (Wildman–Crippen MR) is 102 cm³/mol. The normalized spacial score (nSPS) is 15.5. The van der Waals surface area contributed by atoms with E-state index in [4.69, 9.17) is 9.47 Å². The van der Waals surface area contributed by atoms with Crippen molar-refractivity contribution in [1.29, 1.82) is 0 Å². The van der Waals surface area contributed by atoms with Crippen LogP contribution in [-0.2, 0) is 14.3 Å². The van der Waals surface area contributed by atoms with Crippen LogP contribution in [0, 0.1) is 16.7 Å². The van der Waals surface area contributed by atoms with Gasteiger partial charge in [-0.1, -0.05) is 48.0 Å². The van der Waals surface area contributed by atoms with Crippen LogP contribution in [0.4, 0.5) is 0 Å². The van der Waals surface area contributed by atoms with Crippen molar-refractivity contribution in [3.05, 3.63) is 0 Å². The van der Waals surface area contributed by atoms with Gasteiger partial charge in [-0.2, -0.15) is 0 Å². The summed E-state index contributed by atoms with van der Waals surface area (Å²) in [5, 5.41) is 0. The zero-order valence-electron chi connectivity index (χ0n) is 18.1. The van der Waals surface area contributed by atoms with Crippen LogP contribution in [0.2, 0.25) is 0 Å². The van der Waals surface area contributed by atoms with Gasteiger partial charge in [0.05, 0.1) is 18.8 Å². The molecule has 0 fully saturated rings. The molecule has 0 aromatic carbocycles. The minimum Gasteiger partial charge on any atom is -0.373 e. The number of ether oxygens (including phenoxy) is 2. The summed E-state index contributed by atoms with van der Waals surface area (Å²) < 4.78 is 11.6. The molecule has 0 aliphatic rings. The number of rotatable bonds is 9. The van der Waals surface area contributed by atoms with Crippen LogP contribution in [0.1, 0.15) is 89.0 Å². The largest absolute Gasteiger partial charge is 0.373 e. The van der Waals surface area contributed by atoms with E-state index in [1.807, 2.05) is 34.6 Å². The molecule has 0 N–H and O–H groups in total. The average Bonchev–Trinajstić information content (AvgIpc) is 2.38. The van der Waals surface area contributed by atoms with Gasteiger partial charge in [-0.25, -0.2) is 0 Å². The van der Waals surface area contributed by atoms with Gasteiger partial charge in [0, 0.05) is 5.92 Å². The van der Waals surface area contributed by atoms with Gasteiger partial charge >= 0.3 is 0 Å². The number of hydrogen-bond donors (Lipinski definition) is 0. The molecule has 0 aromatic rings. The maximum atomic E-state index is 13.3. The number of hydrogen-bond acceptors (Lipinski definition) is 3. The van der Waals surface area contributed by atoms with Gasteiger partial charge in [-0.05, 0) is 51.9 Å². The lowest BCUT2D eigenvalue weighted by atomic mass is 9.65. The molecule has 1 atom stereocenters. The van der Waals surface area contributed by atoms with E-state index in [0.29, 0.717) is 13.2 Å². The number of Topliss-reactive ketones (excluding diaryl/α,β-unsaturated/α-hetero) is 1. The van der Waals surface area contributed by atoms with Crippen LogP contribution in [-0.4, -0.2) is 30.2 Å². The highest BCUT2D eigenvalue weighted by Gasteiger charge is 2.43. The van der Waals surface area contributed by atoms with Crippen LogP contribution < -0.4 is 0 Å². The van der Waals surface area contributed by atoms with Crippen molar-refractivity contribution in [3.8, 4) is 0 Å². The Bertz CT molecular complexity index is 394. The summed E-state index contributed by atoms with van der Waals surface area (Å²) in [6.45, 7) is 23.9. The maximum absolute atomic E-state index is 13.3. The molecule has 0 aliphatic heterocycles. The highest BCUT2D eigenvalue weighted by molar-refractivity contribution is 5.89. The molecule has 0 spiro atoms. The monoisotopic (exact) mass is 342 g/mol. The molecule has 0 saturated heterocycles. The second-order valence-corrected chi connectivity index (χ2v) is 10.3. The molecule has 0 heterocycles. The maximum Gasteiger partial charge on any atom is 0.167 e. The average molecular weight is 343 g/mol. The summed E-state index contributed by atoms with van der Waals surface area (Å²) in [5.74, 6) is 0.195. The predicted octanol–water partition coefficient (Wildman–Crippen LogP) is 5.65. The second kappa shape index (κ2) is 8.31. The van der Waals surface area contributed by atoms with Crippen molar-refractivity contribution in [2.45, 2.75) is 100 Å². The highest BCUT2D eigenvalue weighted by Crippen LogP contribution is 2.41. The van der Waals surface area contributed by atoms with Crippen LogP contribution >= 0.6 is 0 Å². The fourth-order valence-electron chi connectivity index (χ4n) is 2.72. The van der Waals surface area contributed by atoms with Gasteiger partial charge in [0.15, 0.2) is 5.78 Å². The summed E-state index contributed by atoms with van der Waals surface area (Å²) in [6, 6.07) is 0. The topological polar surface area (TPSA) is 35.5 Å². The lowest BCUT2D eigenvalue weighted by molar-refractivity contribution is -0.153. The van der Waals surface area contributed by atoms with Crippen molar-refractivity contribution in [2.24, 2.45) is 16.7 Å². The summed E-state index contributed by atoms with van der Waals surface area (Å²) in [6.07, 6.45) is 1.85. The Labute approximate surface area is 150 Å². The Kier molecular flexibility index (Phi) is 8.17. The molecule has 1 unspecified atom stereocenters. The summed E-state index contributed by atoms with van der Waals surface area (Å²) in [7, 11) is 0. The standard InChI is InChI=1S/C21H42O3/c1-12-20(8,9)16(15-18(2,3)4)17(22)21(10,11)24-14-13-23-19(5,6)7/h16H,12-15H2,1-11H3. The Balaban J connectivity index is 5.04. The third-order valence-electron chi connectivity index (χ3n) is 4.66. The minimum absolute atomic E-state index is 0.0129. The van der Waals surface area contributed by atoms with E-state index in [-0.39, 0.29) is 28.1 Å². The molecule has 24 heavy (non-hydrogen) atoms. The minimum atomic E-state index is -0.788. The zero-order chi connectivity index (χ0) is 19.4. The van der Waals surface area contributed by atoms with Crippen molar-refractivity contribution in [2.75, 3.05) is 13.2 Å². The molecule has 3 heteroatoms. The first-order chi connectivity index (χ1) is 10.5. The highest BCUT2D eigenvalue weighted by atomic mass is 16.5. The Morgan fingerprint density at radius 2 is 1.29 bits per heavy atom. The summed E-state index contributed by atoms with van der Waals surface area (Å²) in [4.78, 5) is 13.3. The molecule has 0 radical (unpaired) electrons. The molecule has 0 aromatic heterocycles. The van der Waals surface area contributed by atoms with E-state index >= 15 is 0 Å². The van der Waals surface area contributed by atoms with E-state index in [1.165, 1.54) is 0 Å². The SMILES string of the molecule is CCC(C)(C)C(CC(C)(C)C)C(=O)C(C)(C)OCCOC(C)(C)C. The molecule has 3 nitrogen and oxygen atoms in total. The fourth-order valence-corrected chi connectivity index (χ4v) is 2.72. The Hall–Kier alpha value is -0.410. The van der Waals surface area contributed by atoms with Crippen molar-refractivity contribution in [3.63, 3.8) is 0 Å². The van der Waals surface area contributed by atoms with E-state index in [1.54, 1.807) is 0 Å². The van der Waals surface area contributed by atoms with Gasteiger partial charge in [0.2, 0.25) is 0 Å². The fraction of sp³-hybridized carbons (Fsp3) is 0.952. The van der Waals surface area contributed by atoms with E-state index in [2.05, 4.69) is 41.5 Å². The third kappa shape index (κ3) is 8.62. The Morgan fingerprint density at radius 3 is 1.67 bits per heavy atom. The zero-order valence-corrected chi connectivity index (χ0v) is 18.1. The lowest BCUT2D eigenvalue weighted by Gasteiger charge is -2.40. The molecule has 144 valence electrons. The molecule has 0 rings (SSSR count). The summed E-state index contributed by atoms with van der Waals surface area (Å²) >= 11 is 0. The molecular formula is C21H42O3. The molecule has 0 saturated carbocycles. The van der Waals surface area contributed by atoms with Gasteiger partial charge in [-0.15, -0.1) is 0 Å². The molecule has 0 bridgehead atoms. The third-order valence-corrected chi connectivity index (χ3v) is 4.66. The van der Waals surface area contributed by atoms with E-state index in [0.717, 1.165) is 12.8 Å². The van der Waals surface area contributed by atoms with Gasteiger partial charge in [-0.3, -0.25) is 4.79 Å². The first-order valence-corrected chi connectivity index (χ1v) is 9.34. The quantitative estimate of drug-likeness (QED) is 0.508. The first-order valence-electron chi connectivity index (χ1n) is 9.34. The number of carbonyl (C=O) groups excluding carboxylic acids is 1. The van der Waals surface area contributed by atoms with Crippen LogP contribution in [0.3, 0.4) is 0 Å². The molecule has 0 aliphatic carbocycles. The van der Waals surface area contributed by atoms with Gasteiger partial charge in [0.25, 0.3) is 0 Å². The summed E-state index contributed by atoms with van der Waals surface area (Å²) in [5.41, 5.74) is -0.898. The van der Waals surface area contributed by atoms with Crippen LogP contribution in [0.15, 0.2) is 0 Å². The van der Waals surface area contributed by atoms with E-state index in [9.17, 15) is 4.79 Å². The second-order valence-electron chi connectivity index (χ2n) is 10.3. The number of ketones is 1. The van der Waals surface area contributed by atoms with Crippen LogP contribution in [0.5, 0.6) is 0 Å². The molecular weight excluding hydrogens is 300 g/mol. The molecule has 0 amide bonds. The lowest BCUT2D eigenvalue weighted by Crippen LogP contribution is -2.46.